The third-order valence-electron chi connectivity index (χ3n) is 5.29. The first-order valence-electron chi connectivity index (χ1n) is 9.89. The average Bonchev–Trinajstić information content (AvgIpc) is 3.44. The van der Waals surface area contributed by atoms with Crippen molar-refractivity contribution in [3.8, 4) is 0 Å². The molecule has 0 bridgehead atoms. The number of thiophene rings is 1. The van der Waals surface area contributed by atoms with Crippen LogP contribution in [0.4, 0.5) is 0 Å². The SMILES string of the molecule is C[C@H](Cn1c(=O)c2sccc2n2c(SCc3ccc(Cl)cc3)nnc12)c1ccccc1. The van der Waals surface area contributed by atoms with Gasteiger partial charge in [0, 0.05) is 17.3 Å². The summed E-state index contributed by atoms with van der Waals surface area (Å²) in [5.41, 5.74) is 3.19. The smallest absolute Gasteiger partial charge is 0.272 e. The Hall–Kier alpha value is -2.61. The molecule has 31 heavy (non-hydrogen) atoms. The molecular formula is C23H19ClN4OS2. The van der Waals surface area contributed by atoms with Crippen LogP contribution in [0, 0.1) is 0 Å². The molecule has 0 fully saturated rings. The third kappa shape index (κ3) is 3.89. The summed E-state index contributed by atoms with van der Waals surface area (Å²) in [6.07, 6.45) is 0. The van der Waals surface area contributed by atoms with Gasteiger partial charge in [0.2, 0.25) is 5.78 Å². The van der Waals surface area contributed by atoms with Crippen molar-refractivity contribution in [3.63, 3.8) is 0 Å². The number of nitrogens with zero attached hydrogens (tertiary/aromatic N) is 4. The minimum atomic E-state index is -0.0121. The highest BCUT2D eigenvalue weighted by Crippen LogP contribution is 2.28. The van der Waals surface area contributed by atoms with Crippen molar-refractivity contribution in [1.29, 1.82) is 0 Å². The van der Waals surface area contributed by atoms with E-state index in [1.165, 1.54) is 16.9 Å². The Bertz CT molecular complexity index is 1410. The molecule has 0 saturated carbocycles. The number of fused-ring (bicyclic) bond motifs is 3. The Morgan fingerprint density at radius 2 is 1.84 bits per heavy atom. The first-order chi connectivity index (χ1) is 15.1. The van der Waals surface area contributed by atoms with Gasteiger partial charge < -0.3 is 0 Å². The van der Waals surface area contributed by atoms with Gasteiger partial charge in [-0.3, -0.25) is 13.8 Å². The topological polar surface area (TPSA) is 52.2 Å². The summed E-state index contributed by atoms with van der Waals surface area (Å²) < 4.78 is 4.49. The molecule has 5 aromatic rings. The van der Waals surface area contributed by atoms with Gasteiger partial charge in [-0.25, -0.2) is 0 Å². The van der Waals surface area contributed by atoms with Crippen LogP contribution in [0.3, 0.4) is 0 Å². The molecule has 0 amide bonds. The monoisotopic (exact) mass is 466 g/mol. The number of halogens is 1. The minimum absolute atomic E-state index is 0.0121. The van der Waals surface area contributed by atoms with Gasteiger partial charge >= 0.3 is 0 Å². The first-order valence-corrected chi connectivity index (χ1v) is 12.1. The molecule has 0 unspecified atom stereocenters. The fraction of sp³-hybridized carbons (Fsp3) is 0.174. The number of rotatable bonds is 6. The van der Waals surface area contributed by atoms with Crippen molar-refractivity contribution in [2.75, 3.05) is 0 Å². The third-order valence-corrected chi connectivity index (χ3v) is 7.43. The van der Waals surface area contributed by atoms with E-state index < -0.39 is 0 Å². The summed E-state index contributed by atoms with van der Waals surface area (Å²) in [5.74, 6) is 1.49. The van der Waals surface area contributed by atoms with Crippen LogP contribution in [0.5, 0.6) is 0 Å². The quantitative estimate of drug-likeness (QED) is 0.294. The molecule has 0 aliphatic rings. The lowest BCUT2D eigenvalue weighted by atomic mass is 10.0. The summed E-state index contributed by atoms with van der Waals surface area (Å²) in [4.78, 5) is 13.3. The highest BCUT2D eigenvalue weighted by atomic mass is 35.5. The molecule has 0 aliphatic carbocycles. The predicted octanol–water partition coefficient (Wildman–Crippen LogP) is 5.86. The van der Waals surface area contributed by atoms with Crippen molar-refractivity contribution in [2.24, 2.45) is 0 Å². The second-order valence-electron chi connectivity index (χ2n) is 7.40. The Morgan fingerprint density at radius 3 is 2.61 bits per heavy atom. The number of aromatic nitrogens is 4. The fourth-order valence-electron chi connectivity index (χ4n) is 3.65. The molecule has 0 saturated heterocycles. The van der Waals surface area contributed by atoms with Crippen molar-refractivity contribution < 1.29 is 0 Å². The maximum absolute atomic E-state index is 13.3. The van der Waals surface area contributed by atoms with E-state index >= 15 is 0 Å². The van der Waals surface area contributed by atoms with Gasteiger partial charge in [0.25, 0.3) is 5.56 Å². The molecule has 5 rings (SSSR count). The van der Waals surface area contributed by atoms with Gasteiger partial charge in [0.05, 0.1) is 5.52 Å². The van der Waals surface area contributed by atoms with E-state index in [9.17, 15) is 4.79 Å². The van der Waals surface area contributed by atoms with Gasteiger partial charge in [0.15, 0.2) is 5.16 Å². The molecule has 0 radical (unpaired) electrons. The van der Waals surface area contributed by atoms with Gasteiger partial charge in [0.1, 0.15) is 4.70 Å². The molecular weight excluding hydrogens is 448 g/mol. The molecule has 3 aromatic heterocycles. The lowest BCUT2D eigenvalue weighted by Crippen LogP contribution is -2.24. The van der Waals surface area contributed by atoms with E-state index in [0.717, 1.165) is 31.7 Å². The summed E-state index contributed by atoms with van der Waals surface area (Å²) in [6, 6.07) is 20.0. The van der Waals surface area contributed by atoms with Crippen LogP contribution in [0.25, 0.3) is 16.0 Å². The highest BCUT2D eigenvalue weighted by molar-refractivity contribution is 7.98. The van der Waals surface area contributed by atoms with Crippen LogP contribution in [0.1, 0.15) is 24.0 Å². The minimum Gasteiger partial charge on any atom is -0.275 e. The van der Waals surface area contributed by atoms with Gasteiger partial charge in [-0.2, -0.15) is 0 Å². The zero-order chi connectivity index (χ0) is 21.4. The predicted molar refractivity (Wildman–Crippen MR) is 128 cm³/mol. The second-order valence-corrected chi connectivity index (χ2v) is 9.69. The van der Waals surface area contributed by atoms with E-state index in [0.29, 0.717) is 12.3 Å². The van der Waals surface area contributed by atoms with E-state index in [4.69, 9.17) is 11.6 Å². The molecule has 1 atom stereocenters. The van der Waals surface area contributed by atoms with Crippen LogP contribution in [0.15, 0.2) is 76.0 Å². The van der Waals surface area contributed by atoms with Crippen molar-refractivity contribution in [1.82, 2.24) is 19.2 Å². The fourth-order valence-corrected chi connectivity index (χ4v) is 5.49. The number of thioether (sulfide) groups is 1. The van der Waals surface area contributed by atoms with Crippen molar-refractivity contribution in [2.45, 2.75) is 30.3 Å². The first kappa shape index (κ1) is 20.3. The van der Waals surface area contributed by atoms with E-state index in [-0.39, 0.29) is 11.5 Å². The largest absolute Gasteiger partial charge is 0.275 e. The van der Waals surface area contributed by atoms with Crippen LogP contribution in [-0.2, 0) is 12.3 Å². The highest BCUT2D eigenvalue weighted by Gasteiger charge is 2.19. The average molecular weight is 467 g/mol. The maximum atomic E-state index is 13.3. The number of hydrogen-bond donors (Lipinski definition) is 0. The zero-order valence-electron chi connectivity index (χ0n) is 16.7. The lowest BCUT2D eigenvalue weighted by molar-refractivity contribution is 0.588. The van der Waals surface area contributed by atoms with Crippen molar-refractivity contribution >= 4 is 50.7 Å². The number of hydrogen-bond acceptors (Lipinski definition) is 5. The second kappa shape index (κ2) is 8.49. The van der Waals surface area contributed by atoms with Crippen LogP contribution < -0.4 is 5.56 Å². The van der Waals surface area contributed by atoms with Crippen molar-refractivity contribution in [3.05, 3.63) is 92.5 Å². The molecule has 156 valence electrons. The Kier molecular flexibility index (Phi) is 5.56. The zero-order valence-corrected chi connectivity index (χ0v) is 19.1. The van der Waals surface area contributed by atoms with E-state index in [1.807, 2.05) is 58.3 Å². The summed E-state index contributed by atoms with van der Waals surface area (Å²) in [6.45, 7) is 2.67. The van der Waals surface area contributed by atoms with E-state index in [2.05, 4.69) is 29.3 Å². The maximum Gasteiger partial charge on any atom is 0.272 e. The normalized spacial score (nSPS) is 12.6. The lowest BCUT2D eigenvalue weighted by Gasteiger charge is -2.15. The Balaban J connectivity index is 1.55. The molecule has 0 aliphatic heterocycles. The van der Waals surface area contributed by atoms with Crippen LogP contribution in [-0.4, -0.2) is 19.2 Å². The van der Waals surface area contributed by atoms with Gasteiger partial charge in [-0.05, 0) is 40.6 Å². The summed E-state index contributed by atoms with van der Waals surface area (Å²) in [7, 11) is 0. The standard InChI is InChI=1S/C23H19ClN4OS2/c1-15(17-5-3-2-4-6-17)13-27-21(29)20-19(11-12-30-20)28-22(27)25-26-23(28)31-14-16-7-9-18(24)10-8-16/h2-12,15H,13-14H2,1H3/t15-/m1/s1. The van der Waals surface area contributed by atoms with Crippen LogP contribution in [0.2, 0.25) is 5.02 Å². The van der Waals surface area contributed by atoms with E-state index in [1.54, 1.807) is 16.3 Å². The summed E-state index contributed by atoms with van der Waals surface area (Å²) in [5, 5.41) is 12.3. The van der Waals surface area contributed by atoms with Crippen LogP contribution >= 0.6 is 34.7 Å². The molecule has 3 heterocycles. The van der Waals surface area contributed by atoms with Gasteiger partial charge in [-0.15, -0.1) is 21.5 Å². The Labute approximate surface area is 192 Å². The molecule has 0 N–H and O–H groups in total. The van der Waals surface area contributed by atoms with Gasteiger partial charge in [-0.1, -0.05) is 72.8 Å². The molecule has 5 nitrogen and oxygen atoms in total. The molecule has 8 heteroatoms. The molecule has 0 spiro atoms. The molecule has 2 aromatic carbocycles. The number of benzene rings is 2. The summed E-state index contributed by atoms with van der Waals surface area (Å²) >= 11 is 9.06. The Morgan fingerprint density at radius 1 is 1.06 bits per heavy atom.